The van der Waals surface area contributed by atoms with Gasteiger partial charge in [-0.25, -0.2) is 0 Å². The molecule has 2 fully saturated rings. The summed E-state index contributed by atoms with van der Waals surface area (Å²) in [5, 5.41) is 49.5. The molecule has 10 nitrogen and oxygen atoms in total. The molecule has 80 heavy (non-hydrogen) atoms. The average molecular weight is 1080 g/mol. The van der Waals surface area contributed by atoms with Crippen molar-refractivity contribution >= 4 is 28.0 Å². The largest absolute Gasteiger partial charge is 0.504 e. The summed E-state index contributed by atoms with van der Waals surface area (Å²) in [5.41, 5.74) is 9.13. The second-order valence-corrected chi connectivity index (χ2v) is 25.1. The van der Waals surface area contributed by atoms with Crippen LogP contribution < -0.4 is 20.7 Å². The van der Waals surface area contributed by atoms with Gasteiger partial charge in [0.05, 0.1) is 31.7 Å². The smallest absolute Gasteiger partial charge is 0.160 e. The molecule has 2 aliphatic heterocycles. The summed E-state index contributed by atoms with van der Waals surface area (Å²) in [6, 6.07) is 27.4. The Labute approximate surface area is 476 Å². The molecular weight excluding hydrogens is 993 g/mol. The van der Waals surface area contributed by atoms with Gasteiger partial charge in [0.1, 0.15) is 17.4 Å². The molecule has 1 spiro atoms. The van der Waals surface area contributed by atoms with E-state index in [1.54, 1.807) is 13.2 Å². The number of methoxy groups -OCH3 is 1. The van der Waals surface area contributed by atoms with Gasteiger partial charge in [0.25, 0.3) is 0 Å². The number of carbonyl (C=O) groups is 2. The van der Waals surface area contributed by atoms with Crippen LogP contribution in [0.5, 0.6) is 11.5 Å². The van der Waals surface area contributed by atoms with Crippen LogP contribution in [0.1, 0.15) is 168 Å². The first-order valence-electron chi connectivity index (χ1n) is 30.5. The van der Waals surface area contributed by atoms with E-state index in [1.165, 1.54) is 16.7 Å². The molecule has 5 aliphatic rings. The number of hydrogen-bond donors (Lipinski definition) is 7. The van der Waals surface area contributed by atoms with Crippen LogP contribution in [0, 0.1) is 47.3 Å². The highest BCUT2D eigenvalue weighted by Crippen LogP contribution is 2.51. The quantitative estimate of drug-likeness (QED) is 0.0623. The lowest BCUT2D eigenvalue weighted by atomic mass is 9.61. The number of rotatable bonds is 7. The third-order valence-corrected chi connectivity index (χ3v) is 19.0. The predicted molar refractivity (Wildman–Crippen MR) is 322 cm³/mol. The molecule has 9 unspecified atom stereocenters. The number of benzene rings is 4. The minimum absolute atomic E-state index is 0.0138. The Bertz CT molecular complexity index is 3110. The van der Waals surface area contributed by atoms with E-state index in [0.717, 1.165) is 121 Å². The number of H-pyrrole nitrogens is 1. The number of aromatic nitrogens is 1. The fourth-order valence-corrected chi connectivity index (χ4v) is 14.6. The fourth-order valence-electron chi connectivity index (χ4n) is 14.6. The molecule has 2 saturated carbocycles. The highest BCUT2D eigenvalue weighted by Gasteiger charge is 2.49. The minimum atomic E-state index is -0.666. The molecule has 9 bridgehead atoms. The zero-order chi connectivity index (χ0) is 55.9. The van der Waals surface area contributed by atoms with Gasteiger partial charge in [0, 0.05) is 60.9 Å². The normalized spacial score (nSPS) is 26.8. The lowest BCUT2D eigenvalue weighted by Gasteiger charge is -2.46. The maximum absolute atomic E-state index is 15.4. The number of carbonyl (C=O) groups excluding carboxylic acids is 2. The number of nitrogens with one attached hydrogen (secondary N) is 4. The molecule has 4 aromatic carbocycles. The molecule has 1 aromatic heterocycles. The van der Waals surface area contributed by atoms with Crippen molar-refractivity contribution in [2.75, 3.05) is 32.1 Å². The van der Waals surface area contributed by atoms with Crippen molar-refractivity contribution in [3.05, 3.63) is 148 Å². The molecule has 424 valence electrons. The van der Waals surface area contributed by atoms with Crippen LogP contribution in [-0.4, -0.2) is 70.8 Å². The van der Waals surface area contributed by atoms with Crippen LogP contribution in [0.25, 0.3) is 10.8 Å². The number of ketones is 2. The topological polar surface area (TPSA) is 156 Å². The van der Waals surface area contributed by atoms with Crippen LogP contribution in [0.3, 0.4) is 0 Å². The third-order valence-electron chi connectivity index (χ3n) is 19.0. The zero-order valence-corrected chi connectivity index (χ0v) is 48.2. The maximum atomic E-state index is 15.4. The Morgan fingerprint density at radius 1 is 0.863 bits per heavy atom. The molecule has 0 saturated heterocycles. The summed E-state index contributed by atoms with van der Waals surface area (Å²) in [4.78, 5) is 33.5. The third kappa shape index (κ3) is 13.1. The molecule has 10 rings (SSSR count). The van der Waals surface area contributed by atoms with Gasteiger partial charge in [-0.1, -0.05) is 120 Å². The molecule has 5 aromatic rings. The van der Waals surface area contributed by atoms with Gasteiger partial charge in [-0.3, -0.25) is 9.59 Å². The van der Waals surface area contributed by atoms with E-state index in [2.05, 4.69) is 146 Å². The van der Waals surface area contributed by atoms with Gasteiger partial charge in [0.15, 0.2) is 11.5 Å². The van der Waals surface area contributed by atoms with Crippen molar-refractivity contribution in [2.24, 2.45) is 35.5 Å². The van der Waals surface area contributed by atoms with E-state index in [0.29, 0.717) is 57.0 Å². The number of phenolic OH excluding ortho intramolecular Hbond substituents is 1. The number of β-amino-alcohol motifs (C(OH)–C–C–N with tert-alkyl or cyclic N) is 1. The van der Waals surface area contributed by atoms with Crippen molar-refractivity contribution in [3.63, 3.8) is 0 Å². The van der Waals surface area contributed by atoms with E-state index >= 15 is 4.79 Å². The van der Waals surface area contributed by atoms with Gasteiger partial charge in [-0.05, 0) is 186 Å². The van der Waals surface area contributed by atoms with E-state index < -0.39 is 29.5 Å². The Balaban J connectivity index is 1.10. The van der Waals surface area contributed by atoms with Gasteiger partial charge in [-0.15, -0.1) is 0 Å². The van der Waals surface area contributed by atoms with Crippen LogP contribution in [-0.2, 0) is 34.3 Å². The van der Waals surface area contributed by atoms with Gasteiger partial charge >= 0.3 is 0 Å². The maximum Gasteiger partial charge on any atom is 0.160 e. The SMILES string of the molecule is CCCC1C2CC(CC3=CCNC(=C3)Nc3ccc4ccc(cc4c3)CC(O)CNCC(C)c3c[nH]c(c3)C3(CCCCC3)C1O)CC1C#CC(c3ccccc3CCC(C)C)c3cc(O)c(OC)cc3CCC(=O)CC(=O)C1C2. The molecule has 10 heteroatoms. The first kappa shape index (κ1) is 57.1. The molecular formula is C70H88N4O6. The van der Waals surface area contributed by atoms with E-state index in [4.69, 9.17) is 4.74 Å². The Morgan fingerprint density at radius 2 is 1.69 bits per heavy atom. The number of fused-ring (bicyclic) bond motifs is 10. The van der Waals surface area contributed by atoms with Crippen LogP contribution in [0.4, 0.5) is 5.69 Å². The average Bonchev–Trinajstić information content (AvgIpc) is 3.93. The first-order valence-corrected chi connectivity index (χ1v) is 30.5. The summed E-state index contributed by atoms with van der Waals surface area (Å²) < 4.78 is 5.66. The summed E-state index contributed by atoms with van der Waals surface area (Å²) in [6.07, 6.45) is 17.8. The van der Waals surface area contributed by atoms with Crippen LogP contribution >= 0.6 is 0 Å². The number of aliphatic hydroxyl groups excluding tert-OH is 2. The number of phenols is 1. The van der Waals surface area contributed by atoms with Gasteiger partial charge in [-0.2, -0.15) is 0 Å². The fraction of sp³-hybridized carbons (Fsp3) is 0.514. The summed E-state index contributed by atoms with van der Waals surface area (Å²) >= 11 is 0. The number of anilines is 1. The van der Waals surface area contributed by atoms with Gasteiger partial charge in [0.2, 0.25) is 0 Å². The molecule has 0 radical (unpaired) electrons. The number of aryl methyl sites for hydroxylation is 2. The number of hydrogen-bond acceptors (Lipinski definition) is 9. The number of aromatic amines is 1. The highest BCUT2D eigenvalue weighted by molar-refractivity contribution is 6.00. The molecule has 0 amide bonds. The highest BCUT2D eigenvalue weighted by atomic mass is 16.5. The summed E-state index contributed by atoms with van der Waals surface area (Å²) in [7, 11) is 1.55. The lowest BCUT2D eigenvalue weighted by Crippen LogP contribution is -2.48. The monoisotopic (exact) mass is 1080 g/mol. The minimum Gasteiger partial charge on any atom is -0.504 e. The Kier molecular flexibility index (Phi) is 18.4. The van der Waals surface area contributed by atoms with Crippen molar-refractivity contribution < 1.29 is 29.6 Å². The summed E-state index contributed by atoms with van der Waals surface area (Å²) in [5.74, 6) is 8.33. The molecule has 9 atom stereocenters. The Hall–Kier alpha value is -6.12. The van der Waals surface area contributed by atoms with Crippen molar-refractivity contribution in [3.8, 4) is 23.3 Å². The number of ether oxygens (including phenoxy) is 1. The van der Waals surface area contributed by atoms with E-state index in [-0.39, 0.29) is 59.7 Å². The second kappa shape index (κ2) is 25.8. The van der Waals surface area contributed by atoms with E-state index in [9.17, 15) is 20.1 Å². The summed E-state index contributed by atoms with van der Waals surface area (Å²) in [6.45, 7) is 10.8. The van der Waals surface area contributed by atoms with Gasteiger partial charge < -0.3 is 41.0 Å². The molecule has 7 N–H and O–H groups in total. The predicted octanol–water partition coefficient (Wildman–Crippen LogP) is 12.9. The van der Waals surface area contributed by atoms with E-state index in [1.807, 2.05) is 6.07 Å². The number of Topliss-reactive ketones (excluding diaryl/α,β-unsaturated/α-hetero) is 2. The zero-order valence-electron chi connectivity index (χ0n) is 48.2. The van der Waals surface area contributed by atoms with Crippen molar-refractivity contribution in [2.45, 2.75) is 166 Å². The number of aliphatic hydroxyl groups is 2. The van der Waals surface area contributed by atoms with Crippen LogP contribution in [0.15, 0.2) is 109 Å². The number of allylic oxidation sites excluding steroid dienone is 2. The first-order chi connectivity index (χ1) is 38.8. The van der Waals surface area contributed by atoms with Crippen LogP contribution in [0.2, 0.25) is 0 Å². The van der Waals surface area contributed by atoms with Crippen molar-refractivity contribution in [1.29, 1.82) is 0 Å². The molecule has 3 aliphatic carbocycles. The molecule has 3 heterocycles. The second-order valence-electron chi connectivity index (χ2n) is 25.1. The number of aromatic hydroxyl groups is 1. The van der Waals surface area contributed by atoms with Crippen molar-refractivity contribution in [1.82, 2.24) is 15.6 Å². The number of dihydropyridines is 1. The Morgan fingerprint density at radius 3 is 2.50 bits per heavy atom. The lowest BCUT2D eigenvalue weighted by molar-refractivity contribution is -0.130. The standard InChI is InChI=1S/C70H88N4O6/c1-6-12-60-54-32-48(31-51-21-24-61(59-14-9-8-13-50(59)17-15-44(2)3)62-40-65(78)66(80-5)37-52(62)20-23-57(75)39-64(77)63(51)36-54)29-47-25-28-72-68(34-47)74-56-22-19-49-18-16-46(30-53(49)35-56)33-58(76)43-71-41-45(4)55-38-67(73-42-55)70(69(60)79)26-10-7-11-27-70/h8-9,13-14,16,18-19,22,25,30,34-35,37-38,40,42,44-45,48,51,54,58,60-61,63,69,71-74,76,78-79H,6-7,10-12,15,17,20,23,26-29,31-33,36,39,41,43H2,1-5H3.